The highest BCUT2D eigenvalue weighted by atomic mass is 79.9. The lowest BCUT2D eigenvalue weighted by Gasteiger charge is -2.24. The number of rotatable bonds is 28. The average molecular weight is 552 g/mol. The van der Waals surface area contributed by atoms with Gasteiger partial charge in [0, 0.05) is 32.7 Å². The van der Waals surface area contributed by atoms with Gasteiger partial charge in [-0.1, -0.05) is 151 Å². The maximum atomic E-state index is 5.48. The Bertz CT molecular complexity index is 359. The molecule has 3 nitrogen and oxygen atoms in total. The Labute approximate surface area is 218 Å². The molecule has 0 saturated carbocycles. The van der Waals surface area contributed by atoms with Gasteiger partial charge in [-0.25, -0.2) is 0 Å². The fourth-order valence-electron chi connectivity index (χ4n) is 4.70. The molecule has 0 bridgehead atoms. The third-order valence-electron chi connectivity index (χ3n) is 7.05. The van der Waals surface area contributed by atoms with E-state index >= 15 is 0 Å². The molecule has 0 spiro atoms. The summed E-state index contributed by atoms with van der Waals surface area (Å²) in [5, 5.41) is 1.18. The Morgan fingerprint density at radius 1 is 0.364 bits per heavy atom. The summed E-state index contributed by atoms with van der Waals surface area (Å²) < 4.78 is 16.4. The van der Waals surface area contributed by atoms with Crippen LogP contribution in [-0.2, 0) is 13.3 Å². The summed E-state index contributed by atoms with van der Waals surface area (Å²) in [7, 11) is 2.78. The molecule has 0 amide bonds. The molecular weight excluding hydrogens is 492 g/mol. The quantitative estimate of drug-likeness (QED) is 0.0550. The molecule has 33 heavy (non-hydrogen) atoms. The Morgan fingerprint density at radius 2 is 0.576 bits per heavy atom. The molecule has 5 heteroatoms. The van der Waals surface area contributed by atoms with Gasteiger partial charge >= 0.3 is 8.80 Å². The largest absolute Gasteiger partial charge is 0.500 e. The smallest absolute Gasteiger partial charge is 0.377 e. The van der Waals surface area contributed by atoms with E-state index in [1.807, 2.05) is 0 Å². The summed E-state index contributed by atoms with van der Waals surface area (Å²) in [6.45, 7) is 0. The molecule has 0 unspecified atom stereocenters. The predicted molar refractivity (Wildman–Crippen MR) is 152 cm³/mol. The van der Waals surface area contributed by atoms with E-state index in [0.29, 0.717) is 0 Å². The molecule has 0 aliphatic rings. The van der Waals surface area contributed by atoms with Gasteiger partial charge in [-0.15, -0.1) is 0 Å². The zero-order valence-electron chi connectivity index (χ0n) is 22.8. The molecule has 0 aromatic carbocycles. The van der Waals surface area contributed by atoms with Crippen LogP contribution in [0.3, 0.4) is 0 Å². The van der Waals surface area contributed by atoms with Crippen molar-refractivity contribution in [3.8, 4) is 0 Å². The minimum absolute atomic E-state index is 0.939. The van der Waals surface area contributed by atoms with Crippen LogP contribution in [0.15, 0.2) is 0 Å². The van der Waals surface area contributed by atoms with Crippen molar-refractivity contribution in [2.75, 3.05) is 26.7 Å². The SMILES string of the molecule is CO[Si](CCCCCCCCCCCCCCCCCCCCCCCCCBr)(OC)OC. The van der Waals surface area contributed by atoms with Crippen LogP contribution >= 0.6 is 15.9 Å². The van der Waals surface area contributed by atoms with Crippen molar-refractivity contribution in [1.82, 2.24) is 0 Å². The second-order valence-corrected chi connectivity index (χ2v) is 13.7. The van der Waals surface area contributed by atoms with Crippen molar-refractivity contribution in [2.45, 2.75) is 154 Å². The van der Waals surface area contributed by atoms with Gasteiger partial charge in [0.2, 0.25) is 0 Å². The molecule has 0 aliphatic heterocycles. The highest BCUT2D eigenvalue weighted by Gasteiger charge is 2.36. The molecule has 0 aromatic heterocycles. The minimum Gasteiger partial charge on any atom is -0.377 e. The lowest BCUT2D eigenvalue weighted by atomic mass is 10.0. The molecule has 0 aromatic rings. The number of halogens is 1. The Balaban J connectivity index is 3.15. The first kappa shape index (κ1) is 33.6. The van der Waals surface area contributed by atoms with Crippen LogP contribution in [0, 0.1) is 0 Å². The number of hydrogen-bond acceptors (Lipinski definition) is 3. The van der Waals surface area contributed by atoms with Crippen LogP contribution in [0.2, 0.25) is 6.04 Å². The van der Waals surface area contributed by atoms with Crippen molar-refractivity contribution in [3.63, 3.8) is 0 Å². The summed E-state index contributed by atoms with van der Waals surface area (Å²) in [5.74, 6) is 0. The van der Waals surface area contributed by atoms with Gasteiger partial charge in [0.25, 0.3) is 0 Å². The van der Waals surface area contributed by atoms with Crippen molar-refractivity contribution in [1.29, 1.82) is 0 Å². The van der Waals surface area contributed by atoms with Crippen LogP contribution in [0.1, 0.15) is 148 Å². The highest BCUT2D eigenvalue weighted by Crippen LogP contribution is 2.19. The summed E-state index contributed by atoms with van der Waals surface area (Å²) in [6, 6.07) is 0.939. The van der Waals surface area contributed by atoms with Gasteiger partial charge in [0.1, 0.15) is 0 Å². The molecule has 0 heterocycles. The number of hydrogen-bond donors (Lipinski definition) is 0. The van der Waals surface area contributed by atoms with E-state index < -0.39 is 8.80 Å². The third kappa shape index (κ3) is 22.8. The molecule has 0 atom stereocenters. The third-order valence-corrected chi connectivity index (χ3v) is 10.4. The van der Waals surface area contributed by atoms with Crippen molar-refractivity contribution >= 4 is 24.7 Å². The maximum absolute atomic E-state index is 5.48. The Morgan fingerprint density at radius 3 is 0.788 bits per heavy atom. The average Bonchev–Trinajstić information content (AvgIpc) is 2.84. The van der Waals surface area contributed by atoms with Crippen molar-refractivity contribution < 1.29 is 13.3 Å². The first-order valence-corrected chi connectivity index (χ1v) is 17.5. The summed E-state index contributed by atoms with van der Waals surface area (Å²) in [4.78, 5) is 0. The Hall–Kier alpha value is 0.577. The van der Waals surface area contributed by atoms with E-state index in [9.17, 15) is 0 Å². The van der Waals surface area contributed by atoms with E-state index in [-0.39, 0.29) is 0 Å². The molecule has 0 saturated heterocycles. The van der Waals surface area contributed by atoms with Gasteiger partial charge in [-0.05, 0) is 12.8 Å². The van der Waals surface area contributed by atoms with Crippen LogP contribution in [0.4, 0.5) is 0 Å². The van der Waals surface area contributed by atoms with E-state index in [1.54, 1.807) is 21.3 Å². The molecule has 0 rings (SSSR count). The predicted octanol–water partition coefficient (Wildman–Crippen LogP) is 10.2. The minimum atomic E-state index is -2.34. The van der Waals surface area contributed by atoms with Gasteiger partial charge in [-0.3, -0.25) is 0 Å². The molecule has 0 fully saturated rings. The molecule has 0 radical (unpaired) electrons. The first-order chi connectivity index (χ1) is 16.2. The summed E-state index contributed by atoms with van der Waals surface area (Å²) in [6.07, 6.45) is 32.6. The molecular formula is C28H59BrO3Si. The topological polar surface area (TPSA) is 27.7 Å². The Kier molecular flexibility index (Phi) is 27.6. The van der Waals surface area contributed by atoms with Gasteiger partial charge < -0.3 is 13.3 Å². The van der Waals surface area contributed by atoms with E-state index in [0.717, 1.165) is 12.5 Å². The number of alkyl halides is 1. The normalized spacial score (nSPS) is 12.0. The second-order valence-electron chi connectivity index (χ2n) is 9.87. The molecule has 200 valence electrons. The fraction of sp³-hybridized carbons (Fsp3) is 1.00. The van der Waals surface area contributed by atoms with Gasteiger partial charge in [0.15, 0.2) is 0 Å². The lowest BCUT2D eigenvalue weighted by Crippen LogP contribution is -2.42. The van der Waals surface area contributed by atoms with Gasteiger partial charge in [0.05, 0.1) is 0 Å². The van der Waals surface area contributed by atoms with Crippen LogP contribution in [0.5, 0.6) is 0 Å². The van der Waals surface area contributed by atoms with Gasteiger partial charge in [-0.2, -0.15) is 0 Å². The fourth-order valence-corrected chi connectivity index (χ4v) is 6.90. The zero-order chi connectivity index (χ0) is 24.3. The monoisotopic (exact) mass is 550 g/mol. The van der Waals surface area contributed by atoms with Crippen molar-refractivity contribution in [3.05, 3.63) is 0 Å². The molecule has 0 aliphatic carbocycles. The van der Waals surface area contributed by atoms with E-state index in [4.69, 9.17) is 13.3 Å². The summed E-state index contributed by atoms with van der Waals surface area (Å²) >= 11 is 3.51. The van der Waals surface area contributed by atoms with Crippen molar-refractivity contribution in [2.24, 2.45) is 0 Å². The van der Waals surface area contributed by atoms with E-state index in [1.165, 1.54) is 147 Å². The second kappa shape index (κ2) is 27.2. The van der Waals surface area contributed by atoms with E-state index in [2.05, 4.69) is 15.9 Å². The molecule has 0 N–H and O–H groups in total. The first-order valence-electron chi connectivity index (χ1n) is 14.5. The standard InChI is InChI=1S/C28H59BrO3Si/c1-30-33(31-2,32-3)28-26-24-22-20-18-16-14-12-10-8-6-4-5-7-9-11-13-15-17-19-21-23-25-27-29/h4-28H2,1-3H3. The van der Waals surface area contributed by atoms with Crippen LogP contribution < -0.4 is 0 Å². The van der Waals surface area contributed by atoms with Crippen LogP contribution in [0.25, 0.3) is 0 Å². The number of unbranched alkanes of at least 4 members (excludes halogenated alkanes) is 22. The lowest BCUT2D eigenvalue weighted by molar-refractivity contribution is 0.122. The van der Waals surface area contributed by atoms with Crippen LogP contribution in [-0.4, -0.2) is 35.5 Å². The zero-order valence-corrected chi connectivity index (χ0v) is 25.4. The highest BCUT2D eigenvalue weighted by molar-refractivity contribution is 9.09. The maximum Gasteiger partial charge on any atom is 0.500 e. The summed E-state index contributed by atoms with van der Waals surface area (Å²) in [5.41, 5.74) is 0.